The number of benzene rings is 1. The van der Waals surface area contributed by atoms with E-state index in [1.807, 2.05) is 12.3 Å². The van der Waals surface area contributed by atoms with Crippen LogP contribution in [0.5, 0.6) is 0 Å². The summed E-state index contributed by atoms with van der Waals surface area (Å²) in [5.41, 5.74) is 2.87. The number of thiazole rings is 1. The summed E-state index contributed by atoms with van der Waals surface area (Å²) >= 11 is 8.06. The molecule has 0 aliphatic heterocycles. The van der Waals surface area contributed by atoms with Crippen LogP contribution in [0.25, 0.3) is 0 Å². The molecular formula is C20H22ClFN4OS. The predicted octanol–water partition coefficient (Wildman–Crippen LogP) is 4.55. The Morgan fingerprint density at radius 2 is 2.00 bits per heavy atom. The highest BCUT2D eigenvalue weighted by Gasteiger charge is 2.20. The van der Waals surface area contributed by atoms with E-state index in [0.29, 0.717) is 24.3 Å². The van der Waals surface area contributed by atoms with E-state index < -0.39 is 0 Å². The number of rotatable bonds is 8. The quantitative estimate of drug-likeness (QED) is 0.544. The standard InChI is InChI=1S/C20H22ClFN4OS/c1-13-12-28-17(24-13)5-3-4-10-23-20(27)18-14(2)25-26(19(18)21)11-15-6-8-16(22)9-7-15/h6-9,12H,3-5,10-11H2,1-2H3,(H,23,27). The first-order chi connectivity index (χ1) is 13.4. The number of hydrogen-bond donors (Lipinski definition) is 1. The van der Waals surface area contributed by atoms with Gasteiger partial charge < -0.3 is 5.32 Å². The molecule has 0 spiro atoms. The smallest absolute Gasteiger partial charge is 0.256 e. The van der Waals surface area contributed by atoms with Crippen LogP contribution in [0, 0.1) is 19.7 Å². The van der Waals surface area contributed by atoms with Crippen molar-refractivity contribution < 1.29 is 9.18 Å². The van der Waals surface area contributed by atoms with Gasteiger partial charge in [0.1, 0.15) is 11.0 Å². The highest BCUT2D eigenvalue weighted by Crippen LogP contribution is 2.21. The van der Waals surface area contributed by atoms with Gasteiger partial charge in [0.05, 0.1) is 22.8 Å². The average molecular weight is 421 g/mol. The Morgan fingerprint density at radius 1 is 1.25 bits per heavy atom. The number of aryl methyl sites for hydroxylation is 3. The Hall–Kier alpha value is -2.25. The van der Waals surface area contributed by atoms with Gasteiger partial charge in [-0.1, -0.05) is 23.7 Å². The van der Waals surface area contributed by atoms with Gasteiger partial charge >= 0.3 is 0 Å². The molecule has 0 aliphatic rings. The molecule has 2 aromatic heterocycles. The summed E-state index contributed by atoms with van der Waals surface area (Å²) in [4.78, 5) is 17.0. The summed E-state index contributed by atoms with van der Waals surface area (Å²) in [5.74, 6) is -0.519. The van der Waals surface area contributed by atoms with Crippen LogP contribution in [0.2, 0.25) is 5.15 Å². The molecule has 1 amide bonds. The monoisotopic (exact) mass is 420 g/mol. The minimum absolute atomic E-state index is 0.224. The largest absolute Gasteiger partial charge is 0.352 e. The molecule has 0 unspecified atom stereocenters. The maximum Gasteiger partial charge on any atom is 0.256 e. The van der Waals surface area contributed by atoms with Gasteiger partial charge in [0.25, 0.3) is 5.91 Å². The Balaban J connectivity index is 1.53. The lowest BCUT2D eigenvalue weighted by Gasteiger charge is -2.06. The third kappa shape index (κ3) is 5.17. The average Bonchev–Trinajstić information content (AvgIpc) is 3.19. The highest BCUT2D eigenvalue weighted by molar-refractivity contribution is 7.09. The number of unbranched alkanes of at least 4 members (excludes halogenated alkanes) is 1. The van der Waals surface area contributed by atoms with Crippen molar-refractivity contribution in [2.24, 2.45) is 0 Å². The maximum atomic E-state index is 13.0. The van der Waals surface area contributed by atoms with E-state index in [9.17, 15) is 9.18 Å². The Bertz CT molecular complexity index is 952. The number of carbonyl (C=O) groups excluding carboxylic acids is 1. The molecule has 5 nitrogen and oxygen atoms in total. The molecule has 3 rings (SSSR count). The molecule has 1 N–H and O–H groups in total. The van der Waals surface area contributed by atoms with Crippen LogP contribution >= 0.6 is 22.9 Å². The lowest BCUT2D eigenvalue weighted by atomic mass is 10.2. The fraction of sp³-hybridized carbons (Fsp3) is 0.350. The number of nitrogens with one attached hydrogen (secondary N) is 1. The maximum absolute atomic E-state index is 13.0. The summed E-state index contributed by atoms with van der Waals surface area (Å²) in [6, 6.07) is 6.12. The first-order valence-electron chi connectivity index (χ1n) is 9.10. The van der Waals surface area contributed by atoms with Crippen LogP contribution in [0.15, 0.2) is 29.6 Å². The first-order valence-corrected chi connectivity index (χ1v) is 10.4. The van der Waals surface area contributed by atoms with Crippen molar-refractivity contribution in [3.8, 4) is 0 Å². The van der Waals surface area contributed by atoms with Crippen LogP contribution in [-0.4, -0.2) is 27.2 Å². The van der Waals surface area contributed by atoms with E-state index in [4.69, 9.17) is 11.6 Å². The number of hydrogen-bond acceptors (Lipinski definition) is 4. The predicted molar refractivity (Wildman–Crippen MR) is 110 cm³/mol. The molecule has 0 radical (unpaired) electrons. The van der Waals surface area contributed by atoms with Crippen LogP contribution in [0.3, 0.4) is 0 Å². The van der Waals surface area contributed by atoms with Crippen molar-refractivity contribution in [3.63, 3.8) is 0 Å². The molecular weight excluding hydrogens is 399 g/mol. The third-order valence-corrected chi connectivity index (χ3v) is 5.72. The molecule has 0 aliphatic carbocycles. The lowest BCUT2D eigenvalue weighted by molar-refractivity contribution is 0.0952. The minimum atomic E-state index is -0.295. The minimum Gasteiger partial charge on any atom is -0.352 e. The Morgan fingerprint density at radius 3 is 2.68 bits per heavy atom. The van der Waals surface area contributed by atoms with E-state index in [1.165, 1.54) is 12.1 Å². The summed E-state index contributed by atoms with van der Waals surface area (Å²) in [7, 11) is 0. The van der Waals surface area contributed by atoms with E-state index in [2.05, 4.69) is 15.4 Å². The van der Waals surface area contributed by atoms with Crippen LogP contribution in [0.4, 0.5) is 4.39 Å². The van der Waals surface area contributed by atoms with Crippen LogP contribution < -0.4 is 5.32 Å². The fourth-order valence-electron chi connectivity index (χ4n) is 2.89. The van der Waals surface area contributed by atoms with Crippen molar-refractivity contribution in [1.29, 1.82) is 0 Å². The molecule has 0 atom stereocenters. The summed E-state index contributed by atoms with van der Waals surface area (Å²) in [5, 5.41) is 10.7. The van der Waals surface area contributed by atoms with Crippen molar-refractivity contribution in [3.05, 3.63) is 68.1 Å². The van der Waals surface area contributed by atoms with Gasteiger partial charge in [-0.3, -0.25) is 4.79 Å². The van der Waals surface area contributed by atoms with Gasteiger partial charge in [-0.2, -0.15) is 5.10 Å². The zero-order valence-electron chi connectivity index (χ0n) is 15.8. The normalized spacial score (nSPS) is 11.0. The van der Waals surface area contributed by atoms with Crippen molar-refractivity contribution >= 4 is 28.8 Å². The molecule has 3 aromatic rings. The van der Waals surface area contributed by atoms with E-state index >= 15 is 0 Å². The van der Waals surface area contributed by atoms with Crippen molar-refractivity contribution in [2.75, 3.05) is 6.54 Å². The van der Waals surface area contributed by atoms with E-state index in [0.717, 1.165) is 35.5 Å². The number of halogens is 2. The van der Waals surface area contributed by atoms with Gasteiger partial charge in [-0.15, -0.1) is 11.3 Å². The lowest BCUT2D eigenvalue weighted by Crippen LogP contribution is -2.25. The topological polar surface area (TPSA) is 59.8 Å². The molecule has 0 saturated carbocycles. The van der Waals surface area contributed by atoms with Crippen LogP contribution in [0.1, 0.15) is 45.2 Å². The second-order valence-electron chi connectivity index (χ2n) is 6.63. The number of nitrogens with zero attached hydrogens (tertiary/aromatic N) is 3. The molecule has 1 aromatic carbocycles. The molecule has 0 fully saturated rings. The van der Waals surface area contributed by atoms with E-state index in [1.54, 1.807) is 35.1 Å². The molecule has 0 saturated heterocycles. The second kappa shape index (κ2) is 9.30. The number of aromatic nitrogens is 3. The van der Waals surface area contributed by atoms with E-state index in [-0.39, 0.29) is 16.9 Å². The van der Waals surface area contributed by atoms with Gasteiger partial charge in [0, 0.05) is 17.6 Å². The Kier molecular flexibility index (Phi) is 6.80. The molecule has 8 heteroatoms. The Labute approximate surface area is 172 Å². The second-order valence-corrected chi connectivity index (χ2v) is 7.93. The summed E-state index contributed by atoms with van der Waals surface area (Å²) < 4.78 is 14.6. The van der Waals surface area contributed by atoms with Gasteiger partial charge in [0.2, 0.25) is 0 Å². The number of amides is 1. The molecule has 2 heterocycles. The zero-order chi connectivity index (χ0) is 20.1. The molecule has 148 valence electrons. The molecule has 28 heavy (non-hydrogen) atoms. The van der Waals surface area contributed by atoms with Crippen LogP contribution in [-0.2, 0) is 13.0 Å². The van der Waals surface area contributed by atoms with Crippen molar-refractivity contribution in [1.82, 2.24) is 20.1 Å². The van der Waals surface area contributed by atoms with Gasteiger partial charge in [-0.05, 0) is 50.8 Å². The van der Waals surface area contributed by atoms with Crippen molar-refractivity contribution in [2.45, 2.75) is 39.7 Å². The van der Waals surface area contributed by atoms with Gasteiger partial charge in [-0.25, -0.2) is 14.1 Å². The number of carbonyl (C=O) groups is 1. The van der Waals surface area contributed by atoms with Gasteiger partial charge in [0.15, 0.2) is 0 Å². The highest BCUT2D eigenvalue weighted by atomic mass is 35.5. The SMILES string of the molecule is Cc1csc(CCCCNC(=O)c2c(C)nn(Cc3ccc(F)cc3)c2Cl)n1. The summed E-state index contributed by atoms with van der Waals surface area (Å²) in [6.07, 6.45) is 2.75. The fourth-order valence-corrected chi connectivity index (χ4v) is 4.03. The zero-order valence-corrected chi connectivity index (χ0v) is 17.4. The summed E-state index contributed by atoms with van der Waals surface area (Å²) in [6.45, 7) is 4.69. The first kappa shape index (κ1) is 20.5. The third-order valence-electron chi connectivity index (χ3n) is 4.31. The molecule has 0 bridgehead atoms.